The highest BCUT2D eigenvalue weighted by molar-refractivity contribution is 6.22. The van der Waals surface area contributed by atoms with E-state index in [4.69, 9.17) is 0 Å². The number of hydrogen-bond acceptors (Lipinski definition) is 0. The zero-order chi connectivity index (χ0) is 82.9. The lowest BCUT2D eigenvalue weighted by Gasteiger charge is -2.29. The molecule has 582 valence electrons. The van der Waals surface area contributed by atoms with Crippen molar-refractivity contribution in [3.63, 3.8) is 0 Å². The predicted octanol–water partition coefficient (Wildman–Crippen LogP) is 35.5. The van der Waals surface area contributed by atoms with Crippen molar-refractivity contribution in [1.29, 1.82) is 0 Å². The second kappa shape index (κ2) is 29.8. The quantitative estimate of drug-likeness (QED) is 0.107. The summed E-state index contributed by atoms with van der Waals surface area (Å²) >= 11 is 0. The molecule has 0 nitrogen and oxygen atoms in total. The zero-order valence-corrected chi connectivity index (χ0v) is 69.0. The molecule has 0 aliphatic rings. The Bertz CT molecular complexity index is 7400. The van der Waals surface area contributed by atoms with Gasteiger partial charge in [0.1, 0.15) is 0 Å². The second-order valence-corrected chi connectivity index (χ2v) is 33.9. The Morgan fingerprint density at radius 2 is 0.183 bits per heavy atom. The Balaban J connectivity index is 0.824. The minimum absolute atomic E-state index is 1.09. The van der Waals surface area contributed by atoms with E-state index in [0.717, 1.165) is 100 Å². The number of hydrogen-bond donors (Lipinski definition) is 0. The van der Waals surface area contributed by atoms with Gasteiger partial charge in [0.25, 0.3) is 0 Å². The fourth-order valence-corrected chi connectivity index (χ4v) is 21.1. The molecule has 126 heavy (non-hydrogen) atoms. The molecule has 0 heterocycles. The van der Waals surface area contributed by atoms with Gasteiger partial charge in [0.2, 0.25) is 0 Å². The summed E-state index contributed by atoms with van der Waals surface area (Å²) < 4.78 is 0. The van der Waals surface area contributed by atoms with Crippen molar-refractivity contribution in [1.82, 2.24) is 0 Å². The molecule has 0 spiro atoms. The smallest absolute Gasteiger partial charge is 0.00139 e. The van der Waals surface area contributed by atoms with Crippen molar-refractivity contribution in [3.05, 3.63) is 473 Å². The highest BCUT2D eigenvalue weighted by atomic mass is 14.3. The lowest BCUT2D eigenvalue weighted by atomic mass is 9.73. The van der Waals surface area contributed by atoms with Gasteiger partial charge in [0.05, 0.1) is 0 Å². The molecular formula is C126H78. The monoisotopic (exact) mass is 1590 g/mol. The van der Waals surface area contributed by atoms with E-state index in [1.165, 1.54) is 163 Å². The molecule has 25 aromatic rings. The first-order valence-corrected chi connectivity index (χ1v) is 43.8. The molecule has 0 amide bonds. The molecule has 0 heteroatoms. The first kappa shape index (κ1) is 72.4. The third-order valence-electron chi connectivity index (χ3n) is 27.0. The van der Waals surface area contributed by atoms with E-state index in [-0.39, 0.29) is 0 Å². The zero-order valence-electron chi connectivity index (χ0n) is 69.0. The molecule has 25 aromatic carbocycles. The van der Waals surface area contributed by atoms with E-state index in [0.29, 0.717) is 0 Å². The molecule has 0 fully saturated rings. The van der Waals surface area contributed by atoms with Crippen LogP contribution in [0.4, 0.5) is 0 Å². The van der Waals surface area contributed by atoms with Crippen molar-refractivity contribution < 1.29 is 0 Å². The summed E-state index contributed by atoms with van der Waals surface area (Å²) in [5.41, 5.74) is 27.3. The van der Waals surface area contributed by atoms with Crippen molar-refractivity contribution >= 4 is 129 Å². The van der Waals surface area contributed by atoms with Crippen LogP contribution in [-0.2, 0) is 0 Å². The standard InChI is InChI=1S/C126H78/c1-7-31-97-91(25-1)73-115(109-43-19-13-37-103(97)109)79-49-61-85(62-50-79)121-122(86-63-51-80(52-64-86)116-74-92-26-2-8-32-98(92)104-38-14-20-44-110(104)116)124(88-67-55-82(56-68-88)118-76-94-28-4-10-34-100(94)106-40-16-22-46-112(106)118)126(90-71-59-84(60-72-90)120-78-96-30-6-12-36-102(96)108-42-18-24-48-114(108)120)125(89-69-57-83(58-70-89)119-77-95-29-5-11-35-101(95)107-41-17-23-47-113(107)119)123(121)87-65-53-81(54-66-87)117-75-93-27-3-9-33-99(93)105-39-15-21-45-111(105)117/h1-78H. The lowest BCUT2D eigenvalue weighted by molar-refractivity contribution is 1.51. The van der Waals surface area contributed by atoms with Gasteiger partial charge in [-0.15, -0.1) is 0 Å². The van der Waals surface area contributed by atoms with E-state index >= 15 is 0 Å². The summed E-state index contributed by atoms with van der Waals surface area (Å²) in [4.78, 5) is 0. The average molecular weight is 1590 g/mol. The summed E-state index contributed by atoms with van der Waals surface area (Å²) in [7, 11) is 0. The van der Waals surface area contributed by atoms with E-state index < -0.39 is 0 Å². The maximum Gasteiger partial charge on any atom is -0.00139 e. The molecular weight excluding hydrogens is 1510 g/mol. The molecule has 0 saturated carbocycles. The van der Waals surface area contributed by atoms with Crippen molar-refractivity contribution in [2.24, 2.45) is 0 Å². The summed E-state index contributed by atoms with van der Waals surface area (Å²) in [6, 6.07) is 179. The second-order valence-electron chi connectivity index (χ2n) is 33.9. The molecule has 0 saturated heterocycles. The molecule has 0 radical (unpaired) electrons. The van der Waals surface area contributed by atoms with Crippen LogP contribution in [0.3, 0.4) is 0 Å². The Hall–Kier alpha value is -16.4. The highest BCUT2D eigenvalue weighted by Gasteiger charge is 2.31. The van der Waals surface area contributed by atoms with Crippen molar-refractivity contribution in [2.75, 3.05) is 0 Å². The van der Waals surface area contributed by atoms with Crippen LogP contribution in [0.1, 0.15) is 0 Å². The highest BCUT2D eigenvalue weighted by Crippen LogP contribution is 2.58. The van der Waals surface area contributed by atoms with Gasteiger partial charge in [-0.05, 0) is 299 Å². The fraction of sp³-hybridized carbons (Fsp3) is 0. The van der Waals surface area contributed by atoms with Crippen LogP contribution in [0.15, 0.2) is 473 Å². The van der Waals surface area contributed by atoms with Crippen molar-refractivity contribution in [3.8, 4) is 134 Å². The predicted molar refractivity (Wildman–Crippen MR) is 542 cm³/mol. The van der Waals surface area contributed by atoms with E-state index in [2.05, 4.69) is 473 Å². The summed E-state index contributed by atoms with van der Waals surface area (Å²) in [6.07, 6.45) is 0. The Kier molecular flexibility index (Phi) is 17.1. The van der Waals surface area contributed by atoms with Crippen LogP contribution >= 0.6 is 0 Å². The number of rotatable bonds is 12. The van der Waals surface area contributed by atoms with Crippen molar-refractivity contribution in [2.45, 2.75) is 0 Å². The van der Waals surface area contributed by atoms with Gasteiger partial charge in [-0.25, -0.2) is 0 Å². The van der Waals surface area contributed by atoms with Gasteiger partial charge in [-0.1, -0.05) is 437 Å². The van der Waals surface area contributed by atoms with Crippen LogP contribution in [0, 0.1) is 0 Å². The molecule has 0 aliphatic carbocycles. The van der Waals surface area contributed by atoms with E-state index in [1.54, 1.807) is 0 Å². The SMILES string of the molecule is c1ccc2c(c1)cc(-c1ccc(-c3c(-c4ccc(-c5cc6ccccc6c6ccccc56)cc4)c(-c4ccc(-c5cc6ccccc6c6ccccc56)cc4)c(-c4ccc(-c5cc6ccccc6c6ccccc56)cc4)c(-c4ccc(-c5cc6ccccc6c6ccccc56)cc4)c3-c3ccc(-c4cc5ccccc5c5ccccc45)cc3)cc1)c1ccccc12. The first-order chi connectivity index (χ1) is 62.5. The van der Waals surface area contributed by atoms with Gasteiger partial charge in [0.15, 0.2) is 0 Å². The van der Waals surface area contributed by atoms with Crippen LogP contribution in [0.5, 0.6) is 0 Å². The number of benzene rings is 25. The largest absolute Gasteiger partial charge is 0.0616 e. The summed E-state index contributed by atoms with van der Waals surface area (Å²) in [5.74, 6) is 0. The van der Waals surface area contributed by atoms with E-state index in [9.17, 15) is 0 Å². The molecule has 0 aliphatic heterocycles. The normalized spacial score (nSPS) is 11.8. The van der Waals surface area contributed by atoms with Crippen LogP contribution < -0.4 is 0 Å². The van der Waals surface area contributed by atoms with Gasteiger partial charge < -0.3 is 0 Å². The first-order valence-electron chi connectivity index (χ1n) is 43.8. The van der Waals surface area contributed by atoms with Gasteiger partial charge in [-0.2, -0.15) is 0 Å². The van der Waals surface area contributed by atoms with Gasteiger partial charge in [0, 0.05) is 0 Å². The van der Waals surface area contributed by atoms with E-state index in [1.807, 2.05) is 0 Å². The Labute approximate surface area is 730 Å². The Morgan fingerprint density at radius 1 is 0.0794 bits per heavy atom. The molecule has 0 aromatic heterocycles. The average Bonchev–Trinajstić information content (AvgIpc) is 0.710. The topological polar surface area (TPSA) is 0 Å². The third kappa shape index (κ3) is 12.0. The molecule has 0 bridgehead atoms. The molecule has 0 N–H and O–H groups in total. The molecule has 0 unspecified atom stereocenters. The van der Waals surface area contributed by atoms with Gasteiger partial charge >= 0.3 is 0 Å². The summed E-state index contributed by atoms with van der Waals surface area (Å²) in [5, 5.41) is 29.5. The minimum atomic E-state index is 1.09. The van der Waals surface area contributed by atoms with Crippen LogP contribution in [-0.4, -0.2) is 0 Å². The molecule has 25 rings (SSSR count). The van der Waals surface area contributed by atoms with Crippen LogP contribution in [0.25, 0.3) is 263 Å². The molecule has 0 atom stereocenters. The lowest BCUT2D eigenvalue weighted by Crippen LogP contribution is -2.02. The maximum absolute atomic E-state index is 2.44. The Morgan fingerprint density at radius 3 is 0.317 bits per heavy atom. The summed E-state index contributed by atoms with van der Waals surface area (Å²) in [6.45, 7) is 0. The minimum Gasteiger partial charge on any atom is -0.0616 e. The van der Waals surface area contributed by atoms with Gasteiger partial charge in [-0.3, -0.25) is 0 Å². The third-order valence-corrected chi connectivity index (χ3v) is 27.0. The fourth-order valence-electron chi connectivity index (χ4n) is 21.1. The van der Waals surface area contributed by atoms with Crippen LogP contribution in [0.2, 0.25) is 0 Å². The number of fused-ring (bicyclic) bond motifs is 18. The maximum atomic E-state index is 2.44.